The van der Waals surface area contributed by atoms with E-state index in [9.17, 15) is 0 Å². The predicted molar refractivity (Wildman–Crippen MR) is 79.5 cm³/mol. The molecule has 0 aliphatic heterocycles. The van der Waals surface area contributed by atoms with Crippen LogP contribution in [0.15, 0.2) is 42.5 Å². The van der Waals surface area contributed by atoms with Crippen LogP contribution in [0.5, 0.6) is 5.75 Å². The van der Waals surface area contributed by atoms with Gasteiger partial charge >= 0.3 is 0 Å². The number of para-hydroxylation sites is 1. The highest BCUT2D eigenvalue weighted by molar-refractivity contribution is 5.33. The van der Waals surface area contributed by atoms with Crippen molar-refractivity contribution >= 4 is 0 Å². The summed E-state index contributed by atoms with van der Waals surface area (Å²) >= 11 is 0. The molecule has 0 bridgehead atoms. The van der Waals surface area contributed by atoms with Gasteiger partial charge in [-0.1, -0.05) is 42.0 Å². The second kappa shape index (κ2) is 6.39. The van der Waals surface area contributed by atoms with E-state index in [4.69, 9.17) is 4.74 Å². The standard InChI is InChI=1S/C17H21NO/c1-13-8-9-14(2)16(10-13)12-18-11-15-6-4-5-7-17(15)19-3/h4-10,18H,11-12H2,1-3H3. The minimum absolute atomic E-state index is 0.817. The maximum Gasteiger partial charge on any atom is 0.123 e. The molecule has 0 spiro atoms. The molecule has 2 rings (SSSR count). The molecular formula is C17H21NO. The van der Waals surface area contributed by atoms with Crippen LogP contribution >= 0.6 is 0 Å². The summed E-state index contributed by atoms with van der Waals surface area (Å²) in [6, 6.07) is 14.7. The lowest BCUT2D eigenvalue weighted by Gasteiger charge is -2.11. The lowest BCUT2D eigenvalue weighted by atomic mass is 10.1. The Kier molecular flexibility index (Phi) is 4.58. The SMILES string of the molecule is COc1ccccc1CNCc1cc(C)ccc1C. The van der Waals surface area contributed by atoms with E-state index in [0.29, 0.717) is 0 Å². The smallest absolute Gasteiger partial charge is 0.123 e. The van der Waals surface area contributed by atoms with Crippen molar-refractivity contribution < 1.29 is 4.74 Å². The first kappa shape index (κ1) is 13.6. The van der Waals surface area contributed by atoms with Gasteiger partial charge in [0, 0.05) is 18.7 Å². The van der Waals surface area contributed by atoms with E-state index in [-0.39, 0.29) is 0 Å². The van der Waals surface area contributed by atoms with Crippen molar-refractivity contribution in [2.24, 2.45) is 0 Å². The molecule has 2 heteroatoms. The molecule has 0 aliphatic rings. The Morgan fingerprint density at radius 2 is 1.68 bits per heavy atom. The molecule has 1 N–H and O–H groups in total. The molecule has 0 aliphatic carbocycles. The van der Waals surface area contributed by atoms with Gasteiger partial charge in [-0.3, -0.25) is 0 Å². The summed E-state index contributed by atoms with van der Waals surface area (Å²) in [5, 5.41) is 3.48. The van der Waals surface area contributed by atoms with Crippen LogP contribution in [0.1, 0.15) is 22.3 Å². The van der Waals surface area contributed by atoms with Crippen molar-refractivity contribution in [2.75, 3.05) is 7.11 Å². The number of rotatable bonds is 5. The Balaban J connectivity index is 1.98. The average Bonchev–Trinajstić information content (AvgIpc) is 2.43. The second-order valence-corrected chi connectivity index (χ2v) is 4.85. The molecule has 0 unspecified atom stereocenters. The summed E-state index contributed by atoms with van der Waals surface area (Å²) in [4.78, 5) is 0. The zero-order chi connectivity index (χ0) is 13.7. The predicted octanol–water partition coefficient (Wildman–Crippen LogP) is 3.60. The van der Waals surface area contributed by atoms with E-state index in [2.05, 4.69) is 43.4 Å². The van der Waals surface area contributed by atoms with E-state index >= 15 is 0 Å². The highest BCUT2D eigenvalue weighted by Crippen LogP contribution is 2.17. The fourth-order valence-electron chi connectivity index (χ4n) is 2.17. The monoisotopic (exact) mass is 255 g/mol. The Hall–Kier alpha value is -1.80. The van der Waals surface area contributed by atoms with Crippen LogP contribution in [0.2, 0.25) is 0 Å². The van der Waals surface area contributed by atoms with Crippen LogP contribution in [0.3, 0.4) is 0 Å². The zero-order valence-corrected chi connectivity index (χ0v) is 11.9. The average molecular weight is 255 g/mol. The van der Waals surface area contributed by atoms with Gasteiger partial charge in [0.15, 0.2) is 0 Å². The first-order valence-electron chi connectivity index (χ1n) is 6.59. The molecule has 0 fully saturated rings. The van der Waals surface area contributed by atoms with Crippen LogP contribution in [-0.4, -0.2) is 7.11 Å². The number of methoxy groups -OCH3 is 1. The van der Waals surface area contributed by atoms with Gasteiger partial charge in [0.1, 0.15) is 5.75 Å². The van der Waals surface area contributed by atoms with Gasteiger partial charge in [-0.05, 0) is 31.0 Å². The molecule has 2 aromatic rings. The molecule has 0 aromatic heterocycles. The number of hydrogen-bond acceptors (Lipinski definition) is 2. The molecule has 19 heavy (non-hydrogen) atoms. The minimum Gasteiger partial charge on any atom is -0.496 e. The van der Waals surface area contributed by atoms with Crippen LogP contribution in [0.25, 0.3) is 0 Å². The fourth-order valence-corrected chi connectivity index (χ4v) is 2.17. The van der Waals surface area contributed by atoms with Gasteiger partial charge in [0.2, 0.25) is 0 Å². The van der Waals surface area contributed by atoms with E-state index in [1.54, 1.807) is 7.11 Å². The third kappa shape index (κ3) is 3.58. The largest absolute Gasteiger partial charge is 0.496 e. The van der Waals surface area contributed by atoms with Crippen molar-refractivity contribution in [3.63, 3.8) is 0 Å². The van der Waals surface area contributed by atoms with Crippen LogP contribution in [-0.2, 0) is 13.1 Å². The number of ether oxygens (including phenoxy) is 1. The molecule has 0 heterocycles. The van der Waals surface area contributed by atoms with Crippen molar-refractivity contribution in [1.82, 2.24) is 5.32 Å². The highest BCUT2D eigenvalue weighted by Gasteiger charge is 2.02. The molecule has 0 saturated carbocycles. The van der Waals surface area contributed by atoms with Crippen molar-refractivity contribution in [3.05, 3.63) is 64.7 Å². The third-order valence-corrected chi connectivity index (χ3v) is 3.33. The molecule has 2 aromatic carbocycles. The van der Waals surface area contributed by atoms with Crippen LogP contribution in [0.4, 0.5) is 0 Å². The molecule has 0 saturated heterocycles. The van der Waals surface area contributed by atoms with Crippen molar-refractivity contribution in [3.8, 4) is 5.75 Å². The summed E-state index contributed by atoms with van der Waals surface area (Å²) in [5.41, 5.74) is 5.18. The van der Waals surface area contributed by atoms with Gasteiger partial charge in [-0.25, -0.2) is 0 Å². The number of aryl methyl sites for hydroxylation is 2. The molecule has 0 radical (unpaired) electrons. The Morgan fingerprint density at radius 3 is 2.47 bits per heavy atom. The zero-order valence-electron chi connectivity index (χ0n) is 11.9. The van der Waals surface area contributed by atoms with Crippen LogP contribution < -0.4 is 10.1 Å². The van der Waals surface area contributed by atoms with Gasteiger partial charge < -0.3 is 10.1 Å². The minimum atomic E-state index is 0.817. The molecule has 0 atom stereocenters. The van der Waals surface area contributed by atoms with E-state index in [1.807, 2.05) is 18.2 Å². The number of nitrogens with one attached hydrogen (secondary N) is 1. The number of benzene rings is 2. The first-order valence-corrected chi connectivity index (χ1v) is 6.59. The normalized spacial score (nSPS) is 10.5. The lowest BCUT2D eigenvalue weighted by Crippen LogP contribution is -2.14. The molecular weight excluding hydrogens is 234 g/mol. The maximum atomic E-state index is 5.35. The highest BCUT2D eigenvalue weighted by atomic mass is 16.5. The topological polar surface area (TPSA) is 21.3 Å². The van der Waals surface area contributed by atoms with Gasteiger partial charge in [-0.2, -0.15) is 0 Å². The Bertz CT molecular complexity index is 549. The van der Waals surface area contributed by atoms with Crippen LogP contribution in [0, 0.1) is 13.8 Å². The van der Waals surface area contributed by atoms with Crippen molar-refractivity contribution in [1.29, 1.82) is 0 Å². The summed E-state index contributed by atoms with van der Waals surface area (Å²) in [5.74, 6) is 0.941. The van der Waals surface area contributed by atoms with Gasteiger partial charge in [0.25, 0.3) is 0 Å². The lowest BCUT2D eigenvalue weighted by molar-refractivity contribution is 0.407. The molecule has 2 nitrogen and oxygen atoms in total. The summed E-state index contributed by atoms with van der Waals surface area (Å²) in [7, 11) is 1.71. The third-order valence-electron chi connectivity index (χ3n) is 3.33. The van der Waals surface area contributed by atoms with Crippen molar-refractivity contribution in [2.45, 2.75) is 26.9 Å². The first-order chi connectivity index (χ1) is 9.20. The van der Waals surface area contributed by atoms with E-state index < -0.39 is 0 Å². The Labute approximate surface area is 115 Å². The molecule has 100 valence electrons. The van der Waals surface area contributed by atoms with E-state index in [1.165, 1.54) is 22.3 Å². The summed E-state index contributed by atoms with van der Waals surface area (Å²) in [6.45, 7) is 5.98. The Morgan fingerprint density at radius 1 is 0.947 bits per heavy atom. The van der Waals surface area contributed by atoms with E-state index in [0.717, 1.165) is 18.8 Å². The van der Waals surface area contributed by atoms with Gasteiger partial charge in [-0.15, -0.1) is 0 Å². The quantitative estimate of drug-likeness (QED) is 0.881. The summed E-state index contributed by atoms with van der Waals surface area (Å²) < 4.78 is 5.35. The number of hydrogen-bond donors (Lipinski definition) is 1. The maximum absolute atomic E-state index is 5.35. The fraction of sp³-hybridized carbons (Fsp3) is 0.294. The molecule has 0 amide bonds. The van der Waals surface area contributed by atoms with Gasteiger partial charge in [0.05, 0.1) is 7.11 Å². The summed E-state index contributed by atoms with van der Waals surface area (Å²) in [6.07, 6.45) is 0. The second-order valence-electron chi connectivity index (χ2n) is 4.85.